The molecule has 6 heteroatoms. The highest BCUT2D eigenvalue weighted by molar-refractivity contribution is 6.10. The fourth-order valence-electron chi connectivity index (χ4n) is 3.36. The number of aryl methyl sites for hydroxylation is 3. The van der Waals surface area contributed by atoms with Gasteiger partial charge in [-0.1, -0.05) is 17.7 Å². The zero-order chi connectivity index (χ0) is 19.6. The van der Waals surface area contributed by atoms with Crippen LogP contribution in [0, 0.1) is 26.2 Å². The molecule has 1 aromatic carbocycles. The van der Waals surface area contributed by atoms with Gasteiger partial charge in [0.25, 0.3) is 0 Å². The summed E-state index contributed by atoms with van der Waals surface area (Å²) in [6.07, 6.45) is 0. The Balaban J connectivity index is 2.10. The van der Waals surface area contributed by atoms with Gasteiger partial charge in [0.15, 0.2) is 0 Å². The zero-order valence-corrected chi connectivity index (χ0v) is 16.6. The van der Waals surface area contributed by atoms with Crippen molar-refractivity contribution in [2.45, 2.75) is 41.5 Å². The van der Waals surface area contributed by atoms with Crippen LogP contribution in [0.5, 0.6) is 0 Å². The highest BCUT2D eigenvalue weighted by atomic mass is 16.2. The van der Waals surface area contributed by atoms with E-state index in [-0.39, 0.29) is 17.7 Å². The number of carbonyl (C=O) groups is 3. The Morgan fingerprint density at radius 3 is 1.85 bits per heavy atom. The molecule has 1 saturated heterocycles. The van der Waals surface area contributed by atoms with Gasteiger partial charge in [-0.3, -0.25) is 14.4 Å². The first kappa shape index (κ1) is 19.9. The molecule has 3 amide bonds. The SMILES string of the molecule is CC(=O)N1CCN(C(=O)C(C)(C)C(=O)Nc2c(C)cc(C)cc2C)CC1. The number of piperazine rings is 1. The predicted molar refractivity (Wildman–Crippen MR) is 102 cm³/mol. The molecule has 0 unspecified atom stereocenters. The second-order valence-electron chi connectivity index (χ2n) is 7.65. The van der Waals surface area contributed by atoms with Crippen molar-refractivity contribution >= 4 is 23.4 Å². The van der Waals surface area contributed by atoms with Crippen molar-refractivity contribution in [3.8, 4) is 0 Å². The quantitative estimate of drug-likeness (QED) is 0.842. The maximum atomic E-state index is 12.9. The molecule has 0 radical (unpaired) electrons. The number of nitrogens with zero attached hydrogens (tertiary/aromatic N) is 2. The average Bonchev–Trinajstić information content (AvgIpc) is 2.57. The zero-order valence-electron chi connectivity index (χ0n) is 16.6. The molecule has 26 heavy (non-hydrogen) atoms. The van der Waals surface area contributed by atoms with Gasteiger partial charge in [-0.05, 0) is 45.7 Å². The molecule has 6 nitrogen and oxygen atoms in total. The molecule has 0 bridgehead atoms. The number of hydrogen-bond acceptors (Lipinski definition) is 3. The van der Waals surface area contributed by atoms with Crippen molar-refractivity contribution in [1.29, 1.82) is 0 Å². The first-order valence-corrected chi connectivity index (χ1v) is 8.98. The number of rotatable bonds is 3. The summed E-state index contributed by atoms with van der Waals surface area (Å²) in [7, 11) is 0. The fourth-order valence-corrected chi connectivity index (χ4v) is 3.36. The van der Waals surface area contributed by atoms with E-state index >= 15 is 0 Å². The summed E-state index contributed by atoms with van der Waals surface area (Å²) < 4.78 is 0. The Morgan fingerprint density at radius 1 is 0.923 bits per heavy atom. The van der Waals surface area contributed by atoms with Crippen LogP contribution in [-0.4, -0.2) is 53.7 Å². The summed E-state index contributed by atoms with van der Waals surface area (Å²) in [6.45, 7) is 12.7. The normalized spacial score (nSPS) is 15.0. The largest absolute Gasteiger partial charge is 0.339 e. The minimum atomic E-state index is -1.18. The molecule has 142 valence electrons. The molecule has 0 atom stereocenters. The number of anilines is 1. The number of nitrogens with one attached hydrogen (secondary N) is 1. The van der Waals surface area contributed by atoms with E-state index < -0.39 is 5.41 Å². The summed E-state index contributed by atoms with van der Waals surface area (Å²) in [4.78, 5) is 40.6. The Labute approximate surface area is 155 Å². The molecule has 0 aromatic heterocycles. The number of amides is 3. The van der Waals surface area contributed by atoms with Crippen LogP contribution in [0.15, 0.2) is 12.1 Å². The highest BCUT2D eigenvalue weighted by Gasteiger charge is 2.40. The van der Waals surface area contributed by atoms with Crippen molar-refractivity contribution < 1.29 is 14.4 Å². The van der Waals surface area contributed by atoms with Crippen molar-refractivity contribution in [1.82, 2.24) is 9.80 Å². The summed E-state index contributed by atoms with van der Waals surface area (Å²) in [5, 5.41) is 2.94. The van der Waals surface area contributed by atoms with Gasteiger partial charge in [0.1, 0.15) is 5.41 Å². The first-order valence-electron chi connectivity index (χ1n) is 8.98. The lowest BCUT2D eigenvalue weighted by molar-refractivity contribution is -0.149. The van der Waals surface area contributed by atoms with Crippen molar-refractivity contribution in [3.63, 3.8) is 0 Å². The minimum Gasteiger partial charge on any atom is -0.339 e. The molecular formula is C20H29N3O3. The Morgan fingerprint density at radius 2 is 1.38 bits per heavy atom. The smallest absolute Gasteiger partial charge is 0.239 e. The van der Waals surface area contributed by atoms with Gasteiger partial charge in [0, 0.05) is 38.8 Å². The lowest BCUT2D eigenvalue weighted by atomic mass is 9.89. The molecule has 1 N–H and O–H groups in total. The van der Waals surface area contributed by atoms with Gasteiger partial charge < -0.3 is 15.1 Å². The van der Waals surface area contributed by atoms with E-state index in [0.29, 0.717) is 26.2 Å². The molecule has 1 aliphatic rings. The molecule has 0 saturated carbocycles. The van der Waals surface area contributed by atoms with E-state index in [1.54, 1.807) is 23.6 Å². The summed E-state index contributed by atoms with van der Waals surface area (Å²) in [5.41, 5.74) is 2.69. The second kappa shape index (κ2) is 7.48. The third kappa shape index (κ3) is 4.06. The van der Waals surface area contributed by atoms with E-state index in [1.807, 2.05) is 32.9 Å². The van der Waals surface area contributed by atoms with E-state index in [1.165, 1.54) is 6.92 Å². The third-order valence-electron chi connectivity index (χ3n) is 5.03. The number of benzene rings is 1. The van der Waals surface area contributed by atoms with Crippen LogP contribution in [0.25, 0.3) is 0 Å². The van der Waals surface area contributed by atoms with Crippen molar-refractivity contribution in [2.75, 3.05) is 31.5 Å². The fraction of sp³-hybridized carbons (Fsp3) is 0.550. The van der Waals surface area contributed by atoms with Crippen LogP contribution in [0.3, 0.4) is 0 Å². The van der Waals surface area contributed by atoms with Gasteiger partial charge in [-0.25, -0.2) is 0 Å². The van der Waals surface area contributed by atoms with Crippen LogP contribution in [0.1, 0.15) is 37.5 Å². The number of carbonyl (C=O) groups excluding carboxylic acids is 3. The molecule has 1 fully saturated rings. The van der Waals surface area contributed by atoms with E-state index in [9.17, 15) is 14.4 Å². The lowest BCUT2D eigenvalue weighted by Gasteiger charge is -2.37. The van der Waals surface area contributed by atoms with Crippen LogP contribution >= 0.6 is 0 Å². The Kier molecular flexibility index (Phi) is 5.74. The molecule has 0 aliphatic carbocycles. The Hall–Kier alpha value is -2.37. The third-order valence-corrected chi connectivity index (χ3v) is 5.03. The standard InChI is InChI=1S/C20H29N3O3/c1-13-11-14(2)17(15(3)12-13)21-18(25)20(5,6)19(26)23-9-7-22(8-10-23)16(4)24/h11-12H,7-10H2,1-6H3,(H,21,25). The minimum absolute atomic E-state index is 0.0134. The number of hydrogen-bond donors (Lipinski definition) is 1. The van der Waals surface area contributed by atoms with Crippen LogP contribution < -0.4 is 5.32 Å². The van der Waals surface area contributed by atoms with Gasteiger partial charge >= 0.3 is 0 Å². The van der Waals surface area contributed by atoms with Crippen LogP contribution in [0.2, 0.25) is 0 Å². The van der Waals surface area contributed by atoms with Crippen molar-refractivity contribution in [3.05, 3.63) is 28.8 Å². The van der Waals surface area contributed by atoms with Gasteiger partial charge in [-0.2, -0.15) is 0 Å². The van der Waals surface area contributed by atoms with Crippen LogP contribution in [-0.2, 0) is 14.4 Å². The molecule has 1 aromatic rings. The monoisotopic (exact) mass is 359 g/mol. The Bertz CT molecular complexity index is 709. The maximum absolute atomic E-state index is 12.9. The van der Waals surface area contributed by atoms with Crippen LogP contribution in [0.4, 0.5) is 5.69 Å². The topological polar surface area (TPSA) is 69.7 Å². The maximum Gasteiger partial charge on any atom is 0.239 e. The van der Waals surface area contributed by atoms with Gasteiger partial charge in [0.05, 0.1) is 0 Å². The van der Waals surface area contributed by atoms with Crippen molar-refractivity contribution in [2.24, 2.45) is 5.41 Å². The van der Waals surface area contributed by atoms with E-state index in [4.69, 9.17) is 0 Å². The molecule has 1 heterocycles. The lowest BCUT2D eigenvalue weighted by Crippen LogP contribution is -2.55. The first-order chi connectivity index (χ1) is 12.0. The van der Waals surface area contributed by atoms with E-state index in [2.05, 4.69) is 5.32 Å². The summed E-state index contributed by atoms with van der Waals surface area (Å²) in [5.74, 6) is -0.508. The molecule has 0 spiro atoms. The van der Waals surface area contributed by atoms with Gasteiger partial charge in [0.2, 0.25) is 17.7 Å². The average molecular weight is 359 g/mol. The van der Waals surface area contributed by atoms with Gasteiger partial charge in [-0.15, -0.1) is 0 Å². The highest BCUT2D eigenvalue weighted by Crippen LogP contribution is 2.27. The predicted octanol–water partition coefficient (Wildman–Crippen LogP) is 2.27. The summed E-state index contributed by atoms with van der Waals surface area (Å²) >= 11 is 0. The molecule has 2 rings (SSSR count). The summed E-state index contributed by atoms with van der Waals surface area (Å²) in [6, 6.07) is 4.02. The second-order valence-corrected chi connectivity index (χ2v) is 7.65. The molecular weight excluding hydrogens is 330 g/mol. The molecule has 1 aliphatic heterocycles. The van der Waals surface area contributed by atoms with E-state index in [0.717, 1.165) is 22.4 Å².